The Kier molecular flexibility index (Phi) is 4.53. The molecule has 2 heterocycles. The number of aromatic nitrogens is 1. The first-order valence-electron chi connectivity index (χ1n) is 6.62. The number of nitrogens with zero attached hydrogens (tertiary/aromatic N) is 3. The molecule has 0 aromatic carbocycles. The van der Waals surface area contributed by atoms with Gasteiger partial charge in [0.15, 0.2) is 0 Å². The number of nitriles is 1. The molecule has 1 aromatic heterocycles. The highest BCUT2D eigenvalue weighted by atomic mass is 16.5. The Bertz CT molecular complexity index is 507. The fraction of sp³-hybridized carbons (Fsp3) is 0.500. The molecule has 1 saturated heterocycles. The van der Waals surface area contributed by atoms with Gasteiger partial charge >= 0.3 is 0 Å². The minimum Gasteiger partial charge on any atom is -0.377 e. The van der Waals surface area contributed by atoms with Crippen LogP contribution in [0.4, 0.5) is 5.82 Å². The first kappa shape index (κ1) is 14.3. The third kappa shape index (κ3) is 3.25. The number of hydrogen-bond acceptors (Lipinski definition) is 5. The van der Waals surface area contributed by atoms with E-state index in [1.165, 1.54) is 6.20 Å². The molecular formula is C14H18N4O2. The zero-order valence-corrected chi connectivity index (χ0v) is 11.7. The van der Waals surface area contributed by atoms with Crippen molar-refractivity contribution in [3.63, 3.8) is 0 Å². The third-order valence-corrected chi connectivity index (χ3v) is 3.03. The number of rotatable bonds is 3. The van der Waals surface area contributed by atoms with Gasteiger partial charge in [0, 0.05) is 18.8 Å². The van der Waals surface area contributed by atoms with E-state index in [4.69, 9.17) is 10.00 Å². The van der Waals surface area contributed by atoms with Crippen LogP contribution >= 0.6 is 0 Å². The Balaban J connectivity index is 2.17. The van der Waals surface area contributed by atoms with E-state index >= 15 is 0 Å². The Labute approximate surface area is 118 Å². The van der Waals surface area contributed by atoms with Gasteiger partial charge in [-0.05, 0) is 26.0 Å². The minimum atomic E-state index is -0.383. The van der Waals surface area contributed by atoms with Crippen molar-refractivity contribution in [2.75, 3.05) is 24.7 Å². The van der Waals surface area contributed by atoms with Crippen LogP contribution in [-0.2, 0) is 9.53 Å². The summed E-state index contributed by atoms with van der Waals surface area (Å²) in [5.41, 5.74) is 0.505. The van der Waals surface area contributed by atoms with Crippen molar-refractivity contribution in [1.29, 1.82) is 5.26 Å². The Morgan fingerprint density at radius 3 is 3.00 bits per heavy atom. The maximum Gasteiger partial charge on any atom is 0.245 e. The minimum absolute atomic E-state index is 0.0640. The lowest BCUT2D eigenvalue weighted by Crippen LogP contribution is -2.55. The Morgan fingerprint density at radius 1 is 1.60 bits per heavy atom. The van der Waals surface area contributed by atoms with E-state index in [9.17, 15) is 4.79 Å². The molecule has 6 nitrogen and oxygen atoms in total. The van der Waals surface area contributed by atoms with Gasteiger partial charge in [0.2, 0.25) is 5.91 Å². The standard InChI is InChI=1S/C14H18N4O2/c1-10(2)17-14(19)12-9-20-6-5-18(12)13-4-3-11(7-15)8-16-13/h3-4,8,10,12H,5-6,9H2,1-2H3,(H,17,19). The molecule has 1 aromatic rings. The number of anilines is 1. The van der Waals surface area contributed by atoms with E-state index in [0.717, 1.165) is 0 Å². The fourth-order valence-corrected chi connectivity index (χ4v) is 2.10. The van der Waals surface area contributed by atoms with Gasteiger partial charge in [0.1, 0.15) is 17.9 Å². The molecule has 2 rings (SSSR count). The highest BCUT2D eigenvalue weighted by molar-refractivity contribution is 5.85. The fourth-order valence-electron chi connectivity index (χ4n) is 2.10. The molecule has 6 heteroatoms. The summed E-state index contributed by atoms with van der Waals surface area (Å²) in [5.74, 6) is 0.627. The summed E-state index contributed by atoms with van der Waals surface area (Å²) >= 11 is 0. The topological polar surface area (TPSA) is 78.2 Å². The molecule has 0 bridgehead atoms. The van der Waals surface area contributed by atoms with Crippen molar-refractivity contribution in [2.24, 2.45) is 0 Å². The van der Waals surface area contributed by atoms with Crippen LogP contribution in [0, 0.1) is 11.3 Å². The van der Waals surface area contributed by atoms with Crippen molar-refractivity contribution in [2.45, 2.75) is 25.9 Å². The smallest absolute Gasteiger partial charge is 0.245 e. The van der Waals surface area contributed by atoms with Crippen molar-refractivity contribution in [3.05, 3.63) is 23.9 Å². The van der Waals surface area contributed by atoms with E-state index in [-0.39, 0.29) is 18.0 Å². The van der Waals surface area contributed by atoms with Crippen molar-refractivity contribution in [1.82, 2.24) is 10.3 Å². The van der Waals surface area contributed by atoms with Gasteiger partial charge in [-0.3, -0.25) is 4.79 Å². The average molecular weight is 274 g/mol. The van der Waals surface area contributed by atoms with Crippen molar-refractivity contribution >= 4 is 11.7 Å². The molecule has 1 aliphatic heterocycles. The zero-order valence-electron chi connectivity index (χ0n) is 11.7. The van der Waals surface area contributed by atoms with Gasteiger partial charge in [0.05, 0.1) is 18.8 Å². The zero-order chi connectivity index (χ0) is 14.5. The molecule has 20 heavy (non-hydrogen) atoms. The first-order valence-corrected chi connectivity index (χ1v) is 6.62. The number of carbonyl (C=O) groups excluding carboxylic acids is 1. The maximum atomic E-state index is 12.2. The highest BCUT2D eigenvalue weighted by Gasteiger charge is 2.30. The number of morpholine rings is 1. The molecule has 0 saturated carbocycles. The van der Waals surface area contributed by atoms with Crippen LogP contribution in [0.1, 0.15) is 19.4 Å². The largest absolute Gasteiger partial charge is 0.377 e. The highest BCUT2D eigenvalue weighted by Crippen LogP contribution is 2.17. The van der Waals surface area contributed by atoms with Gasteiger partial charge in [-0.2, -0.15) is 5.26 Å². The lowest BCUT2D eigenvalue weighted by molar-refractivity contribution is -0.125. The van der Waals surface area contributed by atoms with Crippen LogP contribution < -0.4 is 10.2 Å². The monoisotopic (exact) mass is 274 g/mol. The second-order valence-corrected chi connectivity index (χ2v) is 4.96. The van der Waals surface area contributed by atoms with Gasteiger partial charge < -0.3 is 15.0 Å². The van der Waals surface area contributed by atoms with Crippen LogP contribution in [0.2, 0.25) is 0 Å². The SMILES string of the molecule is CC(C)NC(=O)C1COCCN1c1ccc(C#N)cn1. The average Bonchev–Trinajstić information content (AvgIpc) is 2.46. The Morgan fingerprint density at radius 2 is 2.40 bits per heavy atom. The Hall–Kier alpha value is -2.13. The second-order valence-electron chi connectivity index (χ2n) is 4.96. The van der Waals surface area contributed by atoms with Gasteiger partial charge in [-0.25, -0.2) is 4.98 Å². The van der Waals surface area contributed by atoms with E-state index in [0.29, 0.717) is 31.1 Å². The summed E-state index contributed by atoms with van der Waals surface area (Å²) in [6.07, 6.45) is 1.52. The van der Waals surface area contributed by atoms with Gasteiger partial charge in [0.25, 0.3) is 0 Å². The van der Waals surface area contributed by atoms with E-state index in [1.807, 2.05) is 24.8 Å². The molecule has 1 atom stereocenters. The second kappa shape index (κ2) is 6.35. The summed E-state index contributed by atoms with van der Waals surface area (Å²) in [6.45, 7) is 5.36. The first-order chi connectivity index (χ1) is 9.61. The molecule has 1 N–H and O–H groups in total. The van der Waals surface area contributed by atoms with Crippen LogP contribution in [0.5, 0.6) is 0 Å². The van der Waals surface area contributed by atoms with E-state index in [2.05, 4.69) is 10.3 Å². The normalized spacial score (nSPS) is 18.7. The van der Waals surface area contributed by atoms with Crippen LogP contribution in [0.3, 0.4) is 0 Å². The van der Waals surface area contributed by atoms with Crippen LogP contribution in [0.25, 0.3) is 0 Å². The molecule has 1 amide bonds. The number of ether oxygens (including phenoxy) is 1. The number of hydrogen-bond donors (Lipinski definition) is 1. The molecule has 1 unspecified atom stereocenters. The number of pyridine rings is 1. The predicted molar refractivity (Wildman–Crippen MR) is 74.2 cm³/mol. The summed E-state index contributed by atoms with van der Waals surface area (Å²) in [5, 5.41) is 11.7. The molecule has 106 valence electrons. The van der Waals surface area contributed by atoms with Crippen LogP contribution in [-0.4, -0.2) is 42.7 Å². The van der Waals surface area contributed by atoms with Crippen LogP contribution in [0.15, 0.2) is 18.3 Å². The number of carbonyl (C=O) groups is 1. The number of nitrogens with one attached hydrogen (secondary N) is 1. The van der Waals surface area contributed by atoms with Gasteiger partial charge in [-0.1, -0.05) is 0 Å². The third-order valence-electron chi connectivity index (χ3n) is 3.03. The summed E-state index contributed by atoms with van der Waals surface area (Å²) in [7, 11) is 0. The molecule has 1 fully saturated rings. The molecule has 0 radical (unpaired) electrons. The van der Waals surface area contributed by atoms with Crippen molar-refractivity contribution < 1.29 is 9.53 Å². The summed E-state index contributed by atoms with van der Waals surface area (Å²) in [4.78, 5) is 18.4. The molecule has 0 aliphatic carbocycles. The lowest BCUT2D eigenvalue weighted by Gasteiger charge is -2.35. The number of amides is 1. The summed E-state index contributed by atoms with van der Waals surface area (Å²) in [6, 6.07) is 5.20. The molecular weight excluding hydrogens is 256 g/mol. The van der Waals surface area contributed by atoms with E-state index < -0.39 is 0 Å². The van der Waals surface area contributed by atoms with E-state index in [1.54, 1.807) is 12.1 Å². The summed E-state index contributed by atoms with van der Waals surface area (Å²) < 4.78 is 5.40. The maximum absolute atomic E-state index is 12.2. The molecule has 1 aliphatic rings. The van der Waals surface area contributed by atoms with Crippen molar-refractivity contribution in [3.8, 4) is 6.07 Å². The van der Waals surface area contributed by atoms with Gasteiger partial charge in [-0.15, -0.1) is 0 Å². The quantitative estimate of drug-likeness (QED) is 0.877. The molecule has 0 spiro atoms. The predicted octanol–water partition coefficient (Wildman–Crippen LogP) is 0.683. The lowest BCUT2D eigenvalue weighted by atomic mass is 10.2.